The van der Waals surface area contributed by atoms with Crippen molar-refractivity contribution in [2.24, 2.45) is 11.7 Å². The highest BCUT2D eigenvalue weighted by atomic mass is 32.2. The Balaban J connectivity index is 2.12. The van der Waals surface area contributed by atoms with Gasteiger partial charge in [0.15, 0.2) is 0 Å². The lowest BCUT2D eigenvalue weighted by atomic mass is 10.0. The molecule has 2 rings (SSSR count). The van der Waals surface area contributed by atoms with E-state index in [0.29, 0.717) is 32.1 Å². The predicted octanol–water partition coefficient (Wildman–Crippen LogP) is 1.56. The van der Waals surface area contributed by atoms with Crippen LogP contribution in [0.2, 0.25) is 0 Å². The summed E-state index contributed by atoms with van der Waals surface area (Å²) in [5.41, 5.74) is 5.58. The summed E-state index contributed by atoms with van der Waals surface area (Å²) in [4.78, 5) is 0. The summed E-state index contributed by atoms with van der Waals surface area (Å²) < 4.78 is 29.3. The van der Waals surface area contributed by atoms with Crippen molar-refractivity contribution in [1.82, 2.24) is 8.61 Å². The average Bonchev–Trinajstić information content (AvgIpc) is 2.93. The van der Waals surface area contributed by atoms with E-state index >= 15 is 0 Å². The molecule has 0 aromatic heterocycles. The average molecular weight is 303 g/mol. The highest BCUT2D eigenvalue weighted by Gasteiger charge is 2.37. The van der Waals surface area contributed by atoms with Gasteiger partial charge in [0.2, 0.25) is 0 Å². The third-order valence-corrected chi connectivity index (χ3v) is 6.61. The van der Waals surface area contributed by atoms with Crippen LogP contribution in [0.4, 0.5) is 0 Å². The van der Waals surface area contributed by atoms with Gasteiger partial charge in [-0.05, 0) is 44.6 Å². The Hall–Kier alpha value is -0.170. The summed E-state index contributed by atoms with van der Waals surface area (Å²) in [5.74, 6) is 0.471. The van der Waals surface area contributed by atoms with Crippen molar-refractivity contribution in [2.45, 2.75) is 57.9 Å². The summed E-state index contributed by atoms with van der Waals surface area (Å²) >= 11 is 0. The van der Waals surface area contributed by atoms with Gasteiger partial charge in [-0.1, -0.05) is 19.8 Å². The first-order valence-electron chi connectivity index (χ1n) is 8.02. The van der Waals surface area contributed by atoms with Gasteiger partial charge in [0.25, 0.3) is 10.2 Å². The van der Waals surface area contributed by atoms with Crippen LogP contribution in [0, 0.1) is 5.92 Å². The van der Waals surface area contributed by atoms with Crippen LogP contribution in [0.3, 0.4) is 0 Å². The molecule has 0 bridgehead atoms. The largest absolute Gasteiger partial charge is 0.330 e. The molecule has 118 valence electrons. The van der Waals surface area contributed by atoms with Gasteiger partial charge in [-0.3, -0.25) is 0 Å². The molecular weight excluding hydrogens is 274 g/mol. The van der Waals surface area contributed by atoms with E-state index in [9.17, 15) is 8.42 Å². The van der Waals surface area contributed by atoms with Crippen molar-refractivity contribution >= 4 is 10.2 Å². The third kappa shape index (κ3) is 3.72. The van der Waals surface area contributed by atoms with Crippen molar-refractivity contribution in [3.63, 3.8) is 0 Å². The van der Waals surface area contributed by atoms with Gasteiger partial charge in [-0.2, -0.15) is 17.0 Å². The van der Waals surface area contributed by atoms with Gasteiger partial charge in [0.05, 0.1) is 0 Å². The Kier molecular flexibility index (Phi) is 5.84. The minimum atomic E-state index is -3.30. The summed E-state index contributed by atoms with van der Waals surface area (Å²) in [6, 6.07) is 0.198. The molecule has 2 fully saturated rings. The van der Waals surface area contributed by atoms with Crippen LogP contribution in [0.25, 0.3) is 0 Å². The first kappa shape index (κ1) is 16.2. The molecule has 0 radical (unpaired) electrons. The molecule has 1 aliphatic heterocycles. The molecular formula is C14H29N3O2S. The second kappa shape index (κ2) is 7.20. The van der Waals surface area contributed by atoms with Crippen molar-refractivity contribution in [3.05, 3.63) is 0 Å². The maximum atomic E-state index is 12.9. The maximum absolute atomic E-state index is 12.9. The molecule has 1 saturated carbocycles. The predicted molar refractivity (Wildman–Crippen MR) is 81.5 cm³/mol. The van der Waals surface area contributed by atoms with Crippen LogP contribution >= 0.6 is 0 Å². The van der Waals surface area contributed by atoms with E-state index in [2.05, 4.69) is 6.92 Å². The lowest BCUT2D eigenvalue weighted by Gasteiger charge is -2.37. The smallest absolute Gasteiger partial charge is 0.282 e. The number of hydrogen-bond acceptors (Lipinski definition) is 3. The molecule has 6 heteroatoms. The molecule has 1 aliphatic carbocycles. The van der Waals surface area contributed by atoms with Crippen molar-refractivity contribution in [3.8, 4) is 0 Å². The van der Waals surface area contributed by atoms with Crippen LogP contribution in [0.1, 0.15) is 51.9 Å². The van der Waals surface area contributed by atoms with Gasteiger partial charge in [0, 0.05) is 25.7 Å². The molecule has 0 spiro atoms. The lowest BCUT2D eigenvalue weighted by molar-refractivity contribution is 0.238. The number of hydrogen-bond donors (Lipinski definition) is 1. The molecule has 2 aliphatic rings. The van der Waals surface area contributed by atoms with Crippen molar-refractivity contribution in [2.75, 3.05) is 26.2 Å². The summed E-state index contributed by atoms with van der Waals surface area (Å²) in [5, 5.41) is 0. The lowest BCUT2D eigenvalue weighted by Crippen LogP contribution is -2.51. The second-order valence-electron chi connectivity index (χ2n) is 6.30. The highest BCUT2D eigenvalue weighted by Crippen LogP contribution is 2.29. The van der Waals surface area contributed by atoms with E-state index in [-0.39, 0.29) is 6.04 Å². The molecule has 2 N–H and O–H groups in total. The van der Waals surface area contributed by atoms with E-state index < -0.39 is 10.2 Å². The maximum Gasteiger partial charge on any atom is 0.282 e. The van der Waals surface area contributed by atoms with Crippen molar-refractivity contribution < 1.29 is 8.42 Å². The van der Waals surface area contributed by atoms with Gasteiger partial charge in [-0.15, -0.1) is 0 Å². The van der Waals surface area contributed by atoms with Gasteiger partial charge >= 0.3 is 0 Å². The molecule has 1 heterocycles. The molecule has 0 aromatic rings. The highest BCUT2D eigenvalue weighted by molar-refractivity contribution is 7.86. The van der Waals surface area contributed by atoms with Crippen LogP contribution in [0.5, 0.6) is 0 Å². The number of nitrogens with two attached hydrogens (primary N) is 1. The number of nitrogens with zero attached hydrogens (tertiary/aromatic N) is 2. The monoisotopic (exact) mass is 303 g/mol. The summed E-state index contributed by atoms with van der Waals surface area (Å²) in [6.45, 7) is 4.62. The zero-order valence-electron chi connectivity index (χ0n) is 12.6. The van der Waals surface area contributed by atoms with E-state index in [1.54, 1.807) is 8.61 Å². The fraction of sp³-hybridized carbons (Fsp3) is 1.00. The minimum Gasteiger partial charge on any atom is -0.330 e. The van der Waals surface area contributed by atoms with E-state index in [4.69, 9.17) is 5.73 Å². The molecule has 0 aromatic carbocycles. The molecule has 1 saturated heterocycles. The third-order valence-electron chi connectivity index (χ3n) is 4.56. The Morgan fingerprint density at radius 3 is 2.50 bits per heavy atom. The fourth-order valence-corrected chi connectivity index (χ4v) is 5.48. The van der Waals surface area contributed by atoms with Crippen LogP contribution in [0.15, 0.2) is 0 Å². The summed E-state index contributed by atoms with van der Waals surface area (Å²) in [6.07, 6.45) is 7.18. The first-order chi connectivity index (χ1) is 9.55. The van der Waals surface area contributed by atoms with Crippen LogP contribution < -0.4 is 5.73 Å². The normalized spacial score (nSPS) is 26.4. The zero-order valence-corrected chi connectivity index (χ0v) is 13.4. The first-order valence-corrected chi connectivity index (χ1v) is 9.42. The van der Waals surface area contributed by atoms with Gasteiger partial charge < -0.3 is 5.73 Å². The molecule has 1 atom stereocenters. The SMILES string of the molecule is CC1CCCN(S(=O)(=O)N(CCCN)C2CCCC2)C1. The number of piperidine rings is 1. The standard InChI is InChI=1S/C14H29N3O2S/c1-13-6-4-10-16(12-13)20(18,19)17(11-5-9-15)14-7-2-3-8-14/h13-14H,2-12,15H2,1H3. The molecule has 20 heavy (non-hydrogen) atoms. The molecule has 1 unspecified atom stereocenters. The van der Waals surface area contributed by atoms with Crippen LogP contribution in [-0.2, 0) is 10.2 Å². The quantitative estimate of drug-likeness (QED) is 0.809. The van der Waals surface area contributed by atoms with E-state index in [1.165, 1.54) is 0 Å². The Morgan fingerprint density at radius 2 is 1.90 bits per heavy atom. The number of rotatable bonds is 6. The van der Waals surface area contributed by atoms with Crippen LogP contribution in [-0.4, -0.2) is 49.2 Å². The van der Waals surface area contributed by atoms with E-state index in [1.807, 2.05) is 0 Å². The van der Waals surface area contributed by atoms with Gasteiger partial charge in [-0.25, -0.2) is 0 Å². The minimum absolute atomic E-state index is 0.198. The second-order valence-corrected chi connectivity index (χ2v) is 8.19. The Labute approximate surface area is 123 Å². The Bertz CT molecular complexity index is 393. The molecule has 5 nitrogen and oxygen atoms in total. The van der Waals surface area contributed by atoms with Gasteiger partial charge in [0.1, 0.15) is 0 Å². The fourth-order valence-electron chi connectivity index (χ4n) is 3.43. The molecule has 0 amide bonds. The summed E-state index contributed by atoms with van der Waals surface area (Å²) in [7, 11) is -3.30. The van der Waals surface area contributed by atoms with E-state index in [0.717, 1.165) is 44.9 Å². The topological polar surface area (TPSA) is 66.6 Å². The zero-order chi connectivity index (χ0) is 14.6. The van der Waals surface area contributed by atoms with Crippen molar-refractivity contribution in [1.29, 1.82) is 0 Å². The Morgan fingerprint density at radius 1 is 1.20 bits per heavy atom.